The quantitative estimate of drug-likeness (QED) is 0.845. The fraction of sp³-hybridized carbons (Fsp3) is 0.667. The van der Waals surface area contributed by atoms with E-state index in [0.717, 1.165) is 31.4 Å². The molecule has 0 radical (unpaired) electrons. The molecule has 2 atom stereocenters. The Morgan fingerprint density at radius 1 is 1.43 bits per heavy atom. The first-order valence-corrected chi connectivity index (χ1v) is 8.09. The number of hydrogen-bond donors (Lipinski definition) is 2. The highest BCUT2D eigenvalue weighted by atomic mass is 16.5. The Labute approximate surface area is 128 Å². The monoisotopic (exact) mass is 291 g/mol. The lowest BCUT2D eigenvalue weighted by molar-refractivity contribution is 0.143. The summed E-state index contributed by atoms with van der Waals surface area (Å²) in [6.07, 6.45) is 4.06. The molecule has 118 valence electrons. The molecule has 21 heavy (non-hydrogen) atoms. The molecular weight excluding hydrogens is 262 g/mol. The van der Waals surface area contributed by atoms with Crippen LogP contribution in [0.4, 0.5) is 0 Å². The molecule has 1 aromatic rings. The number of benzene rings is 1. The average Bonchev–Trinajstić information content (AvgIpc) is 2.81. The summed E-state index contributed by atoms with van der Waals surface area (Å²) in [6.45, 7) is 7.22. The van der Waals surface area contributed by atoms with Crippen LogP contribution in [-0.2, 0) is 0 Å². The van der Waals surface area contributed by atoms with Crippen molar-refractivity contribution in [3.63, 3.8) is 0 Å². The Hall–Kier alpha value is -1.06. The van der Waals surface area contributed by atoms with Gasteiger partial charge in [-0.3, -0.25) is 0 Å². The number of aliphatic hydroxyl groups excluding tert-OH is 1. The smallest absolute Gasteiger partial charge is 0.122 e. The first-order valence-electron chi connectivity index (χ1n) is 8.09. The van der Waals surface area contributed by atoms with Crippen molar-refractivity contribution in [3.05, 3.63) is 29.3 Å². The minimum Gasteiger partial charge on any atom is -0.493 e. The van der Waals surface area contributed by atoms with Gasteiger partial charge in [0.05, 0.1) is 13.2 Å². The molecule has 0 saturated heterocycles. The highest BCUT2D eigenvalue weighted by Gasteiger charge is 2.38. The van der Waals surface area contributed by atoms with Gasteiger partial charge in [-0.25, -0.2) is 0 Å². The third kappa shape index (κ3) is 3.78. The second-order valence-corrected chi connectivity index (χ2v) is 6.81. The fourth-order valence-electron chi connectivity index (χ4n) is 3.36. The molecule has 3 N–H and O–H groups in total. The van der Waals surface area contributed by atoms with Crippen LogP contribution in [-0.4, -0.2) is 23.9 Å². The number of ether oxygens (including phenoxy) is 1. The molecule has 3 nitrogen and oxygen atoms in total. The van der Waals surface area contributed by atoms with Crippen LogP contribution < -0.4 is 10.5 Å². The zero-order valence-corrected chi connectivity index (χ0v) is 13.6. The van der Waals surface area contributed by atoms with E-state index in [2.05, 4.69) is 39.0 Å². The molecule has 1 saturated carbocycles. The summed E-state index contributed by atoms with van der Waals surface area (Å²) in [5.74, 6) is 1.82. The maximum absolute atomic E-state index is 9.50. The molecule has 0 bridgehead atoms. The highest BCUT2D eigenvalue weighted by Crippen LogP contribution is 2.36. The Kier molecular flexibility index (Phi) is 5.28. The molecule has 0 spiro atoms. The van der Waals surface area contributed by atoms with Crippen LogP contribution in [0.2, 0.25) is 0 Å². The summed E-state index contributed by atoms with van der Waals surface area (Å²) in [7, 11) is 0. The van der Waals surface area contributed by atoms with Crippen LogP contribution in [0, 0.1) is 12.8 Å². The first-order chi connectivity index (χ1) is 9.96. The van der Waals surface area contributed by atoms with Crippen molar-refractivity contribution in [2.45, 2.75) is 57.9 Å². The van der Waals surface area contributed by atoms with E-state index in [-0.39, 0.29) is 6.61 Å². The molecule has 1 aromatic carbocycles. The molecule has 0 aromatic heterocycles. The van der Waals surface area contributed by atoms with Crippen LogP contribution in [0.3, 0.4) is 0 Å². The maximum atomic E-state index is 9.50. The number of aliphatic hydroxyl groups is 1. The molecule has 2 rings (SSSR count). The summed E-state index contributed by atoms with van der Waals surface area (Å²) in [5, 5.41) is 9.50. The third-order valence-corrected chi connectivity index (χ3v) is 4.82. The standard InChI is InChI=1S/C18H29NO2/c1-13(2)16-7-6-14(3)11-17(16)21-10-8-15-5-4-9-18(15,19)12-20/h6-7,11,13,15,20H,4-5,8-10,12,19H2,1-3H3. The van der Waals surface area contributed by atoms with Crippen molar-refractivity contribution in [3.8, 4) is 5.75 Å². The van der Waals surface area contributed by atoms with Gasteiger partial charge in [0.15, 0.2) is 0 Å². The van der Waals surface area contributed by atoms with E-state index in [1.807, 2.05) is 0 Å². The summed E-state index contributed by atoms with van der Waals surface area (Å²) < 4.78 is 6.04. The predicted octanol–water partition coefficient (Wildman–Crippen LogP) is 3.38. The van der Waals surface area contributed by atoms with Crippen molar-refractivity contribution >= 4 is 0 Å². The second-order valence-electron chi connectivity index (χ2n) is 6.81. The van der Waals surface area contributed by atoms with Gasteiger partial charge in [-0.1, -0.05) is 32.4 Å². The molecule has 3 heteroatoms. The van der Waals surface area contributed by atoms with E-state index < -0.39 is 5.54 Å². The van der Waals surface area contributed by atoms with Crippen LogP contribution in [0.5, 0.6) is 5.75 Å². The lowest BCUT2D eigenvalue weighted by Crippen LogP contribution is -2.47. The minimum atomic E-state index is -0.392. The van der Waals surface area contributed by atoms with E-state index in [9.17, 15) is 5.11 Å². The van der Waals surface area contributed by atoms with E-state index >= 15 is 0 Å². The Morgan fingerprint density at radius 3 is 2.86 bits per heavy atom. The summed E-state index contributed by atoms with van der Waals surface area (Å²) >= 11 is 0. The zero-order chi connectivity index (χ0) is 15.5. The summed E-state index contributed by atoms with van der Waals surface area (Å²) in [4.78, 5) is 0. The van der Waals surface area contributed by atoms with Gasteiger partial charge >= 0.3 is 0 Å². The maximum Gasteiger partial charge on any atom is 0.122 e. The van der Waals surface area contributed by atoms with Gasteiger partial charge in [-0.15, -0.1) is 0 Å². The van der Waals surface area contributed by atoms with Crippen molar-refractivity contribution in [1.82, 2.24) is 0 Å². The zero-order valence-electron chi connectivity index (χ0n) is 13.6. The highest BCUT2D eigenvalue weighted by molar-refractivity contribution is 5.39. The normalized spacial score (nSPS) is 25.5. The van der Waals surface area contributed by atoms with Gasteiger partial charge in [0.2, 0.25) is 0 Å². The largest absolute Gasteiger partial charge is 0.493 e. The van der Waals surface area contributed by atoms with Crippen molar-refractivity contribution in [1.29, 1.82) is 0 Å². The van der Waals surface area contributed by atoms with Crippen LogP contribution in [0.1, 0.15) is 56.6 Å². The van der Waals surface area contributed by atoms with E-state index in [1.165, 1.54) is 11.1 Å². The number of aryl methyl sites for hydroxylation is 1. The lowest BCUT2D eigenvalue weighted by atomic mass is 9.87. The lowest BCUT2D eigenvalue weighted by Gasteiger charge is -2.29. The number of hydrogen-bond acceptors (Lipinski definition) is 3. The van der Waals surface area contributed by atoms with Gasteiger partial charge in [0, 0.05) is 5.54 Å². The molecule has 2 unspecified atom stereocenters. The Balaban J connectivity index is 1.96. The fourth-order valence-corrected chi connectivity index (χ4v) is 3.36. The molecule has 1 aliphatic rings. The second kappa shape index (κ2) is 6.80. The molecule has 0 heterocycles. The molecular formula is C18H29NO2. The van der Waals surface area contributed by atoms with Crippen LogP contribution in [0.15, 0.2) is 18.2 Å². The molecule has 0 amide bonds. The van der Waals surface area contributed by atoms with E-state index in [4.69, 9.17) is 10.5 Å². The predicted molar refractivity (Wildman–Crippen MR) is 86.7 cm³/mol. The van der Waals surface area contributed by atoms with Crippen LogP contribution in [0.25, 0.3) is 0 Å². The van der Waals surface area contributed by atoms with Gasteiger partial charge < -0.3 is 15.6 Å². The molecule has 1 aliphatic carbocycles. The van der Waals surface area contributed by atoms with Crippen molar-refractivity contribution in [2.24, 2.45) is 11.7 Å². The van der Waals surface area contributed by atoms with E-state index in [0.29, 0.717) is 18.4 Å². The van der Waals surface area contributed by atoms with Gasteiger partial charge in [-0.05, 0) is 55.2 Å². The minimum absolute atomic E-state index is 0.0827. The molecule has 0 aliphatic heterocycles. The van der Waals surface area contributed by atoms with Crippen molar-refractivity contribution < 1.29 is 9.84 Å². The first kappa shape index (κ1) is 16.3. The number of nitrogens with two attached hydrogens (primary N) is 1. The summed E-state index contributed by atoms with van der Waals surface area (Å²) in [5.41, 5.74) is 8.37. The topological polar surface area (TPSA) is 55.5 Å². The van der Waals surface area contributed by atoms with Gasteiger partial charge in [0.1, 0.15) is 5.75 Å². The Bertz CT molecular complexity index is 472. The number of rotatable bonds is 6. The average molecular weight is 291 g/mol. The van der Waals surface area contributed by atoms with Gasteiger partial charge in [0.25, 0.3) is 0 Å². The van der Waals surface area contributed by atoms with Crippen LogP contribution >= 0.6 is 0 Å². The third-order valence-electron chi connectivity index (χ3n) is 4.82. The van der Waals surface area contributed by atoms with Crippen molar-refractivity contribution in [2.75, 3.05) is 13.2 Å². The SMILES string of the molecule is Cc1ccc(C(C)C)c(OCCC2CCCC2(N)CO)c1. The molecule has 1 fully saturated rings. The van der Waals surface area contributed by atoms with E-state index in [1.54, 1.807) is 0 Å². The Morgan fingerprint density at radius 2 is 2.19 bits per heavy atom. The summed E-state index contributed by atoms with van der Waals surface area (Å²) in [6, 6.07) is 6.41. The van der Waals surface area contributed by atoms with Gasteiger partial charge in [-0.2, -0.15) is 0 Å².